The molecule has 9 heteroatoms. The van der Waals surface area contributed by atoms with Gasteiger partial charge >= 0.3 is 0 Å². The van der Waals surface area contributed by atoms with Crippen molar-refractivity contribution in [2.45, 2.75) is 55.4 Å². The standard InChI is InChI=1S/C27H28O8S/c1-18-12-14-21(15-13-18)36(29,30)35-25-23(28)24-22(17-32-26(34-24)20-10-6-3-7-11-20)33-27(25)31-16-19-8-4-2-5-9-19/h2-15,22-28H,16-17H2,1H3/t22-,23+,24-,25-,26-,27+/m1/s1. The summed E-state index contributed by atoms with van der Waals surface area (Å²) in [4.78, 5) is -0.0284. The summed E-state index contributed by atoms with van der Waals surface area (Å²) in [7, 11) is -4.24. The zero-order valence-electron chi connectivity index (χ0n) is 19.7. The third-order valence-corrected chi connectivity index (χ3v) is 7.51. The summed E-state index contributed by atoms with van der Waals surface area (Å²) >= 11 is 0. The van der Waals surface area contributed by atoms with E-state index in [1.165, 1.54) is 12.1 Å². The number of aliphatic hydroxyl groups is 1. The van der Waals surface area contributed by atoms with Gasteiger partial charge in [-0.25, -0.2) is 0 Å². The summed E-state index contributed by atoms with van der Waals surface area (Å²) in [5, 5.41) is 11.3. The quantitative estimate of drug-likeness (QED) is 0.481. The second-order valence-electron chi connectivity index (χ2n) is 8.83. The van der Waals surface area contributed by atoms with E-state index in [4.69, 9.17) is 23.1 Å². The molecular formula is C27H28O8S. The molecule has 0 spiro atoms. The Bertz CT molecular complexity index is 1230. The van der Waals surface area contributed by atoms with Crippen LogP contribution < -0.4 is 0 Å². The molecule has 2 saturated heterocycles. The van der Waals surface area contributed by atoms with Crippen LogP contribution in [0.5, 0.6) is 0 Å². The van der Waals surface area contributed by atoms with Gasteiger partial charge in [-0.1, -0.05) is 78.4 Å². The molecule has 2 fully saturated rings. The number of rotatable bonds is 7. The molecule has 0 saturated carbocycles. The maximum Gasteiger partial charge on any atom is 0.297 e. The monoisotopic (exact) mass is 512 g/mol. The average Bonchev–Trinajstić information content (AvgIpc) is 2.90. The van der Waals surface area contributed by atoms with Gasteiger partial charge in [-0.3, -0.25) is 4.18 Å². The zero-order valence-corrected chi connectivity index (χ0v) is 20.5. The molecule has 0 bridgehead atoms. The van der Waals surface area contributed by atoms with Gasteiger partial charge in [-0.15, -0.1) is 0 Å². The van der Waals surface area contributed by atoms with E-state index in [0.717, 1.165) is 16.7 Å². The van der Waals surface area contributed by atoms with Gasteiger partial charge in [0, 0.05) is 5.56 Å². The molecule has 6 atom stereocenters. The molecule has 0 aromatic heterocycles. The Kier molecular flexibility index (Phi) is 7.49. The van der Waals surface area contributed by atoms with Crippen LogP contribution in [0.25, 0.3) is 0 Å². The van der Waals surface area contributed by atoms with Gasteiger partial charge in [-0.2, -0.15) is 8.42 Å². The van der Waals surface area contributed by atoms with Gasteiger partial charge in [0.25, 0.3) is 10.1 Å². The Morgan fingerprint density at radius 3 is 2.28 bits per heavy atom. The van der Waals surface area contributed by atoms with Crippen molar-refractivity contribution in [2.75, 3.05) is 6.61 Å². The Morgan fingerprint density at radius 1 is 0.917 bits per heavy atom. The lowest BCUT2D eigenvalue weighted by atomic mass is 9.98. The van der Waals surface area contributed by atoms with Gasteiger partial charge in [0.05, 0.1) is 18.1 Å². The fourth-order valence-electron chi connectivity index (χ4n) is 4.24. The largest absolute Gasteiger partial charge is 0.387 e. The summed E-state index contributed by atoms with van der Waals surface area (Å²) in [6, 6.07) is 24.9. The molecule has 8 nitrogen and oxygen atoms in total. The van der Waals surface area contributed by atoms with Crippen molar-refractivity contribution >= 4 is 10.1 Å². The third-order valence-electron chi connectivity index (χ3n) is 6.19. The van der Waals surface area contributed by atoms with Crippen molar-refractivity contribution in [3.63, 3.8) is 0 Å². The average molecular weight is 513 g/mol. The zero-order chi connectivity index (χ0) is 25.1. The molecule has 0 aliphatic carbocycles. The van der Waals surface area contributed by atoms with Crippen molar-refractivity contribution in [3.05, 3.63) is 102 Å². The van der Waals surface area contributed by atoms with E-state index >= 15 is 0 Å². The second kappa shape index (κ2) is 10.8. The Labute approximate surface area is 210 Å². The van der Waals surface area contributed by atoms with Crippen molar-refractivity contribution < 1.29 is 36.7 Å². The SMILES string of the molecule is Cc1ccc(S(=O)(=O)O[C@H]2[C@@H](OCc3ccccc3)O[C@@H]3CO[C@@H](c4ccccc4)O[C@H]3[C@@H]2O)cc1. The summed E-state index contributed by atoms with van der Waals surface area (Å²) in [5.74, 6) is 0. The fourth-order valence-corrected chi connectivity index (χ4v) is 5.32. The normalized spacial score (nSPS) is 28.4. The summed E-state index contributed by atoms with van der Waals surface area (Å²) in [5.41, 5.74) is 2.54. The number of fused-ring (bicyclic) bond motifs is 1. The van der Waals surface area contributed by atoms with E-state index in [2.05, 4.69) is 0 Å². The van der Waals surface area contributed by atoms with Gasteiger partial charge in [0.2, 0.25) is 0 Å². The van der Waals surface area contributed by atoms with Gasteiger partial charge < -0.3 is 24.1 Å². The molecule has 2 aliphatic rings. The first kappa shape index (κ1) is 25.0. The highest BCUT2D eigenvalue weighted by atomic mass is 32.2. The maximum atomic E-state index is 13.1. The molecule has 0 amide bonds. The van der Waals surface area contributed by atoms with E-state index in [1.54, 1.807) is 12.1 Å². The van der Waals surface area contributed by atoms with Crippen LogP contribution in [-0.2, 0) is 39.9 Å². The highest BCUT2D eigenvalue weighted by Crippen LogP contribution is 2.36. The molecule has 2 heterocycles. The third kappa shape index (κ3) is 5.52. The second-order valence-corrected chi connectivity index (χ2v) is 10.4. The Morgan fingerprint density at radius 2 is 1.58 bits per heavy atom. The first-order chi connectivity index (χ1) is 17.4. The van der Waals surface area contributed by atoms with E-state index in [0.29, 0.717) is 0 Å². The van der Waals surface area contributed by atoms with Crippen molar-refractivity contribution in [2.24, 2.45) is 0 Å². The minimum absolute atomic E-state index is 0.0284. The van der Waals surface area contributed by atoms with Crippen LogP contribution in [0.2, 0.25) is 0 Å². The van der Waals surface area contributed by atoms with Gasteiger partial charge in [0.1, 0.15) is 18.3 Å². The molecule has 1 N–H and O–H groups in total. The molecule has 3 aromatic carbocycles. The maximum absolute atomic E-state index is 13.1. The number of benzene rings is 3. The van der Waals surface area contributed by atoms with E-state index in [1.807, 2.05) is 67.6 Å². The molecule has 5 rings (SSSR count). The minimum Gasteiger partial charge on any atom is -0.387 e. The molecule has 0 radical (unpaired) electrons. The number of aliphatic hydroxyl groups excluding tert-OH is 1. The van der Waals surface area contributed by atoms with Crippen LogP contribution in [0, 0.1) is 6.92 Å². The van der Waals surface area contributed by atoms with Crippen molar-refractivity contribution in [3.8, 4) is 0 Å². The summed E-state index contributed by atoms with van der Waals surface area (Å²) in [6.45, 7) is 2.12. The van der Waals surface area contributed by atoms with Crippen LogP contribution in [0.3, 0.4) is 0 Å². The van der Waals surface area contributed by atoms with Crippen LogP contribution in [0.15, 0.2) is 89.8 Å². The van der Waals surface area contributed by atoms with Crippen LogP contribution in [-0.4, -0.2) is 50.8 Å². The smallest absolute Gasteiger partial charge is 0.297 e. The molecule has 0 unspecified atom stereocenters. The highest BCUT2D eigenvalue weighted by molar-refractivity contribution is 7.86. The lowest BCUT2D eigenvalue weighted by molar-refractivity contribution is -0.359. The van der Waals surface area contributed by atoms with Crippen LogP contribution >= 0.6 is 0 Å². The summed E-state index contributed by atoms with van der Waals surface area (Å²) in [6.07, 6.45) is -6.21. The number of hydrogen-bond acceptors (Lipinski definition) is 8. The minimum atomic E-state index is -4.24. The molecule has 190 valence electrons. The number of aryl methyl sites for hydroxylation is 1. The predicted octanol–water partition coefficient (Wildman–Crippen LogP) is 3.49. The van der Waals surface area contributed by atoms with Crippen LogP contribution in [0.1, 0.15) is 23.0 Å². The Hall–Kier alpha value is -2.63. The van der Waals surface area contributed by atoms with Crippen molar-refractivity contribution in [1.82, 2.24) is 0 Å². The van der Waals surface area contributed by atoms with Crippen molar-refractivity contribution in [1.29, 1.82) is 0 Å². The predicted molar refractivity (Wildman–Crippen MR) is 129 cm³/mol. The van der Waals surface area contributed by atoms with Gasteiger partial charge in [-0.05, 0) is 24.6 Å². The first-order valence-electron chi connectivity index (χ1n) is 11.7. The number of hydrogen-bond donors (Lipinski definition) is 1. The van der Waals surface area contributed by atoms with Gasteiger partial charge in [0.15, 0.2) is 18.7 Å². The van der Waals surface area contributed by atoms with E-state index in [-0.39, 0.29) is 18.1 Å². The first-order valence-corrected chi connectivity index (χ1v) is 13.1. The lowest BCUT2D eigenvalue weighted by Crippen LogP contribution is -2.63. The van der Waals surface area contributed by atoms with E-state index < -0.39 is 47.1 Å². The van der Waals surface area contributed by atoms with Crippen LogP contribution in [0.4, 0.5) is 0 Å². The highest BCUT2D eigenvalue weighted by Gasteiger charge is 2.52. The molecule has 36 heavy (non-hydrogen) atoms. The molecule has 3 aromatic rings. The number of ether oxygens (including phenoxy) is 4. The van der Waals surface area contributed by atoms with E-state index in [9.17, 15) is 13.5 Å². The molecule has 2 aliphatic heterocycles. The Balaban J connectivity index is 1.39. The topological polar surface area (TPSA) is 101 Å². The fraction of sp³-hybridized carbons (Fsp3) is 0.333. The lowest BCUT2D eigenvalue weighted by Gasteiger charge is -2.47. The summed E-state index contributed by atoms with van der Waals surface area (Å²) < 4.78 is 55.6. The molecular weight excluding hydrogens is 484 g/mol.